The van der Waals surface area contributed by atoms with Gasteiger partial charge in [0.25, 0.3) is 5.91 Å². The lowest BCUT2D eigenvalue weighted by atomic mass is 10.0. The van der Waals surface area contributed by atoms with E-state index in [9.17, 15) is 4.79 Å². The van der Waals surface area contributed by atoms with Gasteiger partial charge in [-0.05, 0) is 24.1 Å². The molecule has 1 fully saturated rings. The molecule has 4 nitrogen and oxygen atoms in total. The molecule has 3 rings (SSSR count). The molecule has 2 aliphatic rings. The Morgan fingerprint density at radius 3 is 2.36 bits per heavy atom. The summed E-state index contributed by atoms with van der Waals surface area (Å²) in [5.41, 5.74) is 2.37. The van der Waals surface area contributed by atoms with Gasteiger partial charge in [0.1, 0.15) is 5.25 Å². The minimum absolute atomic E-state index is 0.0174. The van der Waals surface area contributed by atoms with Gasteiger partial charge in [0.05, 0.1) is 0 Å². The molecule has 1 saturated heterocycles. The zero-order chi connectivity index (χ0) is 15.7. The highest BCUT2D eigenvalue weighted by atomic mass is 32.2. The molecule has 1 aromatic rings. The third kappa shape index (κ3) is 3.20. The molecule has 5 heteroatoms. The van der Waals surface area contributed by atoms with E-state index in [1.54, 1.807) is 11.8 Å². The number of likely N-dealkylation sites (N-methyl/N-ethyl adjacent to an activating group) is 1. The van der Waals surface area contributed by atoms with Gasteiger partial charge in [-0.2, -0.15) is 4.99 Å². The number of thioether (sulfide) groups is 1. The van der Waals surface area contributed by atoms with Gasteiger partial charge in [-0.15, -0.1) is 0 Å². The van der Waals surface area contributed by atoms with Crippen LogP contribution in [0.2, 0.25) is 0 Å². The van der Waals surface area contributed by atoms with E-state index in [1.165, 1.54) is 5.56 Å². The fraction of sp³-hybridized carbons (Fsp3) is 0.529. The summed E-state index contributed by atoms with van der Waals surface area (Å²) in [5, 5.41) is 0.729. The van der Waals surface area contributed by atoms with Crippen LogP contribution >= 0.6 is 11.8 Å². The number of nitrogens with zero attached hydrogens (tertiary/aromatic N) is 3. The first kappa shape index (κ1) is 15.6. The van der Waals surface area contributed by atoms with Crippen molar-refractivity contribution in [2.24, 2.45) is 4.99 Å². The second-order valence-electron chi connectivity index (χ2n) is 6.34. The highest BCUT2D eigenvalue weighted by Gasteiger charge is 2.33. The van der Waals surface area contributed by atoms with Crippen molar-refractivity contribution in [1.29, 1.82) is 0 Å². The van der Waals surface area contributed by atoms with Crippen LogP contribution in [0, 0.1) is 0 Å². The van der Waals surface area contributed by atoms with Crippen molar-refractivity contribution in [2.45, 2.75) is 25.0 Å². The van der Waals surface area contributed by atoms with Crippen molar-refractivity contribution < 1.29 is 4.79 Å². The number of aliphatic imine (C=N–C) groups is 1. The number of piperazine rings is 1. The Morgan fingerprint density at radius 1 is 1.14 bits per heavy atom. The largest absolute Gasteiger partial charge is 0.348 e. The lowest BCUT2D eigenvalue weighted by Gasteiger charge is -2.33. The summed E-state index contributed by atoms with van der Waals surface area (Å²) < 4.78 is 0. The van der Waals surface area contributed by atoms with Crippen molar-refractivity contribution in [3.05, 3.63) is 35.4 Å². The molecule has 0 N–H and O–H groups in total. The minimum Gasteiger partial charge on any atom is -0.348 e. The second-order valence-corrected chi connectivity index (χ2v) is 7.41. The van der Waals surface area contributed by atoms with Crippen LogP contribution in [0.25, 0.3) is 0 Å². The Balaban J connectivity index is 1.69. The molecule has 2 heterocycles. The normalized spacial score (nSPS) is 23.3. The molecule has 1 unspecified atom stereocenters. The maximum absolute atomic E-state index is 12.3. The third-order valence-corrected chi connectivity index (χ3v) is 5.60. The van der Waals surface area contributed by atoms with Crippen LogP contribution < -0.4 is 0 Å². The van der Waals surface area contributed by atoms with Crippen LogP contribution in [0.3, 0.4) is 0 Å². The maximum Gasteiger partial charge on any atom is 0.266 e. The summed E-state index contributed by atoms with van der Waals surface area (Å²) in [7, 11) is 2.13. The van der Waals surface area contributed by atoms with Gasteiger partial charge in [-0.25, -0.2) is 0 Å². The maximum atomic E-state index is 12.3. The fourth-order valence-electron chi connectivity index (χ4n) is 2.74. The van der Waals surface area contributed by atoms with Gasteiger partial charge < -0.3 is 9.80 Å². The highest BCUT2D eigenvalue weighted by molar-refractivity contribution is 8.15. The third-order valence-electron chi connectivity index (χ3n) is 4.33. The molecule has 118 valence electrons. The molecule has 0 radical (unpaired) electrons. The SMILES string of the molecule is CC(C)c1ccc(C2SC(N3CCN(C)CC3)=NC2=O)cc1. The highest BCUT2D eigenvalue weighted by Crippen LogP contribution is 2.38. The van der Waals surface area contributed by atoms with E-state index in [4.69, 9.17) is 0 Å². The lowest BCUT2D eigenvalue weighted by molar-refractivity contribution is -0.117. The Hall–Kier alpha value is -1.33. The number of hydrogen-bond acceptors (Lipinski definition) is 4. The van der Waals surface area contributed by atoms with Gasteiger partial charge in [-0.3, -0.25) is 4.79 Å². The number of hydrogen-bond donors (Lipinski definition) is 0. The average Bonchev–Trinajstić information content (AvgIpc) is 2.90. The molecule has 0 aliphatic carbocycles. The fourth-order valence-corrected chi connectivity index (χ4v) is 3.88. The quantitative estimate of drug-likeness (QED) is 0.840. The van der Waals surface area contributed by atoms with Crippen molar-refractivity contribution in [2.75, 3.05) is 33.2 Å². The Bertz CT molecular complexity index is 574. The number of amides is 1. The summed E-state index contributed by atoms with van der Waals surface area (Å²) in [6.45, 7) is 8.32. The zero-order valence-corrected chi connectivity index (χ0v) is 14.3. The summed E-state index contributed by atoms with van der Waals surface area (Å²) in [5.74, 6) is 0.495. The molecule has 0 bridgehead atoms. The minimum atomic E-state index is -0.170. The van der Waals surface area contributed by atoms with Gasteiger partial charge >= 0.3 is 0 Å². The molecule has 22 heavy (non-hydrogen) atoms. The number of carbonyl (C=O) groups is 1. The molecule has 2 aliphatic heterocycles. The molecule has 1 atom stereocenters. The van der Waals surface area contributed by atoms with Crippen molar-refractivity contribution in [3.8, 4) is 0 Å². The monoisotopic (exact) mass is 317 g/mol. The van der Waals surface area contributed by atoms with Gasteiger partial charge in [0.15, 0.2) is 5.17 Å². The van der Waals surface area contributed by atoms with Crippen LogP contribution in [-0.4, -0.2) is 54.1 Å². The summed E-state index contributed by atoms with van der Waals surface area (Å²) in [6.07, 6.45) is 0. The molecule has 0 saturated carbocycles. The zero-order valence-electron chi connectivity index (χ0n) is 13.5. The Kier molecular flexibility index (Phi) is 4.54. The molecule has 0 spiro atoms. The molecule has 1 amide bonds. The summed E-state index contributed by atoms with van der Waals surface area (Å²) in [6, 6.07) is 8.41. The molecule has 0 aromatic heterocycles. The van der Waals surface area contributed by atoms with Crippen LogP contribution in [-0.2, 0) is 4.79 Å². The van der Waals surface area contributed by atoms with E-state index < -0.39 is 0 Å². The summed E-state index contributed by atoms with van der Waals surface area (Å²) in [4.78, 5) is 21.1. The topological polar surface area (TPSA) is 35.9 Å². The van der Waals surface area contributed by atoms with Crippen LogP contribution in [0.5, 0.6) is 0 Å². The van der Waals surface area contributed by atoms with Crippen molar-refractivity contribution in [1.82, 2.24) is 9.80 Å². The number of amidine groups is 1. The number of carbonyl (C=O) groups excluding carboxylic acids is 1. The second kappa shape index (κ2) is 6.42. The average molecular weight is 317 g/mol. The van der Waals surface area contributed by atoms with Crippen LogP contribution in [0.4, 0.5) is 0 Å². The standard InChI is InChI=1S/C17H23N3OS/c1-12(2)13-4-6-14(7-5-13)15-16(21)18-17(22-15)20-10-8-19(3)9-11-20/h4-7,12,15H,8-11H2,1-3H3. The molecular weight excluding hydrogens is 294 g/mol. The van der Waals surface area contributed by atoms with E-state index in [-0.39, 0.29) is 11.2 Å². The predicted octanol–water partition coefficient (Wildman–Crippen LogP) is 2.73. The lowest BCUT2D eigenvalue weighted by Crippen LogP contribution is -2.46. The first-order valence-electron chi connectivity index (χ1n) is 7.87. The first-order valence-corrected chi connectivity index (χ1v) is 8.75. The first-order chi connectivity index (χ1) is 10.5. The van der Waals surface area contributed by atoms with Gasteiger partial charge in [0.2, 0.25) is 0 Å². The van der Waals surface area contributed by atoms with E-state index in [0.29, 0.717) is 5.92 Å². The van der Waals surface area contributed by atoms with Gasteiger partial charge in [-0.1, -0.05) is 49.9 Å². The van der Waals surface area contributed by atoms with E-state index in [2.05, 4.69) is 60.0 Å². The smallest absolute Gasteiger partial charge is 0.266 e. The Morgan fingerprint density at radius 2 is 1.77 bits per heavy atom. The summed E-state index contributed by atoms with van der Waals surface area (Å²) >= 11 is 1.60. The van der Waals surface area contributed by atoms with Gasteiger partial charge in [0, 0.05) is 26.2 Å². The van der Waals surface area contributed by atoms with Crippen molar-refractivity contribution >= 4 is 22.8 Å². The van der Waals surface area contributed by atoms with Crippen LogP contribution in [0.1, 0.15) is 36.1 Å². The predicted molar refractivity (Wildman–Crippen MR) is 92.4 cm³/mol. The van der Waals surface area contributed by atoms with E-state index in [1.807, 2.05) is 0 Å². The van der Waals surface area contributed by atoms with E-state index in [0.717, 1.165) is 36.9 Å². The van der Waals surface area contributed by atoms with E-state index >= 15 is 0 Å². The number of benzene rings is 1. The number of rotatable bonds is 2. The Labute approximate surface area is 136 Å². The van der Waals surface area contributed by atoms with Crippen molar-refractivity contribution in [3.63, 3.8) is 0 Å². The molecular formula is C17H23N3OS. The molecule has 1 aromatic carbocycles. The van der Waals surface area contributed by atoms with Crippen LogP contribution in [0.15, 0.2) is 29.3 Å².